The highest BCUT2D eigenvalue weighted by Gasteiger charge is 2.66. The second-order valence-electron chi connectivity index (χ2n) is 17.3. The molecule has 54 heavy (non-hydrogen) atoms. The Morgan fingerprint density at radius 2 is 1.52 bits per heavy atom. The van der Waals surface area contributed by atoms with E-state index in [4.69, 9.17) is 24.2 Å². The van der Waals surface area contributed by atoms with Crippen LogP contribution in [0.2, 0.25) is 0 Å². The molecule has 5 aliphatic rings. The number of amides is 2. The summed E-state index contributed by atoms with van der Waals surface area (Å²) in [6, 6.07) is 19.3. The van der Waals surface area contributed by atoms with E-state index in [9.17, 15) is 9.59 Å². The van der Waals surface area contributed by atoms with Crippen LogP contribution >= 0.6 is 11.8 Å². The molecule has 6 heterocycles. The molecule has 2 N–H and O–H groups in total. The summed E-state index contributed by atoms with van der Waals surface area (Å²) in [7, 11) is 0. The van der Waals surface area contributed by atoms with Gasteiger partial charge in [0.05, 0.1) is 36.8 Å². The lowest BCUT2D eigenvalue weighted by Crippen LogP contribution is -2.63. The van der Waals surface area contributed by atoms with E-state index in [-0.39, 0.29) is 23.8 Å². The standard InChI is InChI=1S/C42H48N6O5S/c1-39(2,3)52-37(49)47-17-7-9-33(47)35-44-31-21-28(15-16-30(31)41(46-35)23-51-24-41)26-11-12-27-20-29(14-13-25(27)19-26)32-22-43-36(45-32)42-34(54-42)10-8-18-48(42)38(50)53-40(4,5)6/h11-16,19-22,33-34H,7-10,17-18,23-24H2,1-6H3,(H,43,45)(H,44,46)/t33-,34?,42+/m0/s1. The summed E-state index contributed by atoms with van der Waals surface area (Å²) in [6.07, 6.45) is 5.03. The third-order valence-electron chi connectivity index (χ3n) is 11.0. The Labute approximate surface area is 320 Å². The minimum Gasteiger partial charge on any atom is -0.444 e. The third kappa shape index (κ3) is 6.11. The number of aromatic nitrogens is 2. The van der Waals surface area contributed by atoms with Gasteiger partial charge in [0.15, 0.2) is 4.87 Å². The van der Waals surface area contributed by atoms with Crippen LogP contribution in [0.3, 0.4) is 0 Å². The minimum absolute atomic E-state index is 0.175. The maximum atomic E-state index is 13.3. The lowest BCUT2D eigenvalue weighted by atomic mass is 9.83. The number of imidazole rings is 1. The molecule has 0 radical (unpaired) electrons. The number of aromatic amines is 1. The van der Waals surface area contributed by atoms with Crippen LogP contribution in [0.5, 0.6) is 0 Å². The molecule has 3 aromatic carbocycles. The SMILES string of the molecule is CC(C)(C)OC(=O)N1CCC[C@H]1C1=Nc2cc(-c3ccc4cc(-c5cnc([C@]67SC6CCCN7C(=O)OC(C)(C)C)[nH]5)ccc4c3)ccc2C2(COC2)N1. The van der Waals surface area contributed by atoms with Gasteiger partial charge in [0.2, 0.25) is 0 Å². The van der Waals surface area contributed by atoms with Crippen LogP contribution in [0.1, 0.15) is 78.6 Å². The Morgan fingerprint density at radius 3 is 2.24 bits per heavy atom. The largest absolute Gasteiger partial charge is 0.444 e. The van der Waals surface area contributed by atoms with E-state index >= 15 is 0 Å². The molecular weight excluding hydrogens is 701 g/mol. The van der Waals surface area contributed by atoms with Crippen molar-refractivity contribution in [3.63, 3.8) is 0 Å². The van der Waals surface area contributed by atoms with Gasteiger partial charge in [0, 0.05) is 29.5 Å². The van der Waals surface area contributed by atoms with Crippen LogP contribution in [0.25, 0.3) is 33.2 Å². The van der Waals surface area contributed by atoms with Crippen molar-refractivity contribution in [2.75, 3.05) is 26.3 Å². The van der Waals surface area contributed by atoms with Crippen LogP contribution in [0, 0.1) is 0 Å². The van der Waals surface area contributed by atoms with E-state index in [0.29, 0.717) is 31.6 Å². The number of fused-ring (bicyclic) bond motifs is 4. The van der Waals surface area contributed by atoms with E-state index in [1.54, 1.807) is 11.8 Å². The van der Waals surface area contributed by atoms with E-state index < -0.39 is 16.1 Å². The average Bonchev–Trinajstić information content (AvgIpc) is 3.40. The number of hydrogen-bond donors (Lipinski definition) is 2. The molecule has 4 aromatic rings. The molecule has 0 bridgehead atoms. The van der Waals surface area contributed by atoms with E-state index in [0.717, 1.165) is 81.8 Å². The van der Waals surface area contributed by atoms with Gasteiger partial charge in [0.1, 0.15) is 28.4 Å². The van der Waals surface area contributed by atoms with Gasteiger partial charge in [-0.3, -0.25) is 9.80 Å². The van der Waals surface area contributed by atoms with Crippen molar-refractivity contribution in [3.8, 4) is 22.4 Å². The van der Waals surface area contributed by atoms with Crippen molar-refractivity contribution in [2.45, 2.75) is 100 Å². The van der Waals surface area contributed by atoms with Crippen LogP contribution in [0.15, 0.2) is 65.8 Å². The maximum absolute atomic E-state index is 13.3. The Kier molecular flexibility index (Phi) is 8.14. The van der Waals surface area contributed by atoms with Crippen molar-refractivity contribution in [1.29, 1.82) is 0 Å². The lowest BCUT2D eigenvalue weighted by molar-refractivity contribution is -0.0698. The fourth-order valence-electron chi connectivity index (χ4n) is 8.36. The second kappa shape index (κ2) is 12.5. The van der Waals surface area contributed by atoms with Gasteiger partial charge in [-0.2, -0.15) is 0 Å². The minimum atomic E-state index is -0.568. The molecule has 2 amide bonds. The highest BCUT2D eigenvalue weighted by molar-refractivity contribution is 8.08. The molecular formula is C42H48N6O5S. The number of ether oxygens (including phenoxy) is 3. The van der Waals surface area contributed by atoms with Crippen molar-refractivity contribution in [3.05, 3.63) is 72.2 Å². The van der Waals surface area contributed by atoms with Gasteiger partial charge in [-0.25, -0.2) is 19.6 Å². The van der Waals surface area contributed by atoms with E-state index in [2.05, 4.69) is 64.9 Å². The highest BCUT2D eigenvalue weighted by Crippen LogP contribution is 2.66. The zero-order valence-corrected chi connectivity index (χ0v) is 32.6. The zero-order chi connectivity index (χ0) is 37.6. The Hall–Kier alpha value is -4.55. The lowest BCUT2D eigenvalue weighted by Gasteiger charge is -2.47. The number of carbonyl (C=O) groups excluding carboxylic acids is 2. The van der Waals surface area contributed by atoms with E-state index in [1.165, 1.54) is 0 Å². The van der Waals surface area contributed by atoms with Crippen LogP contribution in [-0.2, 0) is 24.6 Å². The number of aliphatic imine (C=N–C) groups is 1. The molecule has 9 rings (SSSR count). The molecule has 1 aromatic heterocycles. The molecule has 4 fully saturated rings. The number of H-pyrrole nitrogens is 1. The van der Waals surface area contributed by atoms with Gasteiger partial charge in [-0.05, 0) is 107 Å². The van der Waals surface area contributed by atoms with Crippen molar-refractivity contribution in [1.82, 2.24) is 25.1 Å². The van der Waals surface area contributed by atoms with Crippen LogP contribution < -0.4 is 5.32 Å². The number of thioether (sulfide) groups is 1. The summed E-state index contributed by atoms with van der Waals surface area (Å²) in [5.41, 5.74) is 4.67. The van der Waals surface area contributed by atoms with Gasteiger partial charge >= 0.3 is 12.2 Å². The molecule has 0 saturated carbocycles. The van der Waals surface area contributed by atoms with Crippen molar-refractivity contribution >= 4 is 46.2 Å². The molecule has 3 atom stereocenters. The number of amidine groups is 1. The number of nitrogens with one attached hydrogen (secondary N) is 2. The molecule has 1 unspecified atom stereocenters. The fraction of sp³-hybridized carbons (Fsp3) is 0.476. The molecule has 12 heteroatoms. The molecule has 0 aliphatic carbocycles. The van der Waals surface area contributed by atoms with Gasteiger partial charge in [-0.15, -0.1) is 11.8 Å². The summed E-state index contributed by atoms with van der Waals surface area (Å²) in [5.74, 6) is 1.61. The Morgan fingerprint density at radius 1 is 0.852 bits per heavy atom. The normalized spacial score (nSPS) is 24.3. The van der Waals surface area contributed by atoms with Gasteiger partial charge in [-0.1, -0.05) is 36.4 Å². The second-order valence-corrected chi connectivity index (χ2v) is 18.7. The molecule has 11 nitrogen and oxygen atoms in total. The first-order valence-electron chi connectivity index (χ1n) is 19.1. The predicted molar refractivity (Wildman–Crippen MR) is 211 cm³/mol. The summed E-state index contributed by atoms with van der Waals surface area (Å²) >= 11 is 1.79. The van der Waals surface area contributed by atoms with E-state index in [1.807, 2.05) is 57.5 Å². The van der Waals surface area contributed by atoms with Crippen molar-refractivity contribution in [2.24, 2.45) is 4.99 Å². The average molecular weight is 749 g/mol. The molecule has 4 saturated heterocycles. The quantitative estimate of drug-likeness (QED) is 0.200. The summed E-state index contributed by atoms with van der Waals surface area (Å²) in [5, 5.41) is 6.26. The predicted octanol–water partition coefficient (Wildman–Crippen LogP) is 8.45. The topological polar surface area (TPSA) is 121 Å². The van der Waals surface area contributed by atoms with Crippen LogP contribution in [0.4, 0.5) is 15.3 Å². The van der Waals surface area contributed by atoms with Gasteiger partial charge in [0.25, 0.3) is 0 Å². The van der Waals surface area contributed by atoms with Gasteiger partial charge < -0.3 is 24.5 Å². The maximum Gasteiger partial charge on any atom is 0.411 e. The summed E-state index contributed by atoms with van der Waals surface area (Å²) < 4.78 is 17.3. The van der Waals surface area contributed by atoms with Crippen molar-refractivity contribution < 1.29 is 23.8 Å². The number of nitrogens with zero attached hydrogens (tertiary/aromatic N) is 4. The highest BCUT2D eigenvalue weighted by atomic mass is 32.2. The number of rotatable bonds is 4. The molecule has 5 aliphatic heterocycles. The molecule has 1 spiro atoms. The monoisotopic (exact) mass is 748 g/mol. The number of benzene rings is 3. The number of hydrogen-bond acceptors (Lipinski definition) is 9. The summed E-state index contributed by atoms with van der Waals surface area (Å²) in [6.45, 7) is 13.8. The fourth-order valence-corrected chi connectivity index (χ4v) is 9.87. The third-order valence-corrected chi connectivity index (χ3v) is 12.6. The Bertz CT molecular complexity index is 2200. The molecule has 282 valence electrons. The first-order chi connectivity index (χ1) is 25.7. The zero-order valence-electron chi connectivity index (χ0n) is 31.8. The Balaban J connectivity index is 0.978. The first kappa shape index (κ1) is 35.2. The first-order valence-corrected chi connectivity index (χ1v) is 20.0. The number of likely N-dealkylation sites (tertiary alicyclic amines) is 2. The smallest absolute Gasteiger partial charge is 0.411 e. The number of piperidine rings is 1. The van der Waals surface area contributed by atoms with Crippen LogP contribution in [-0.4, -0.2) is 86.6 Å². The summed E-state index contributed by atoms with van der Waals surface area (Å²) in [4.78, 5) is 43.2. The number of carbonyl (C=O) groups is 2.